The normalized spacial score (nSPS) is 19.2. The minimum absolute atomic E-state index is 0.246. The van der Waals surface area contributed by atoms with Crippen LogP contribution in [0.3, 0.4) is 0 Å². The Morgan fingerprint density at radius 1 is 1.50 bits per heavy atom. The molecule has 0 saturated heterocycles. The fourth-order valence-electron chi connectivity index (χ4n) is 1.89. The molecule has 1 saturated carbocycles. The topological polar surface area (TPSA) is 35.2 Å². The molecule has 0 radical (unpaired) electrons. The van der Waals surface area contributed by atoms with Gasteiger partial charge in [0.15, 0.2) is 0 Å². The molecule has 1 unspecified atom stereocenters. The molecule has 2 nitrogen and oxygen atoms in total. The van der Waals surface area contributed by atoms with Gasteiger partial charge in [0.1, 0.15) is 5.75 Å². The summed E-state index contributed by atoms with van der Waals surface area (Å²) in [6, 6.07) is 6.29. The van der Waals surface area contributed by atoms with Crippen LogP contribution in [0.1, 0.15) is 25.3 Å². The summed E-state index contributed by atoms with van der Waals surface area (Å²) in [6.45, 7) is 2.27. The SMILES string of the molecule is COc1ccc(Br)c(CC(N)C2(C)CC2)c1. The first kappa shape index (κ1) is 11.9. The molecule has 2 N–H and O–H groups in total. The molecule has 1 fully saturated rings. The van der Waals surface area contributed by atoms with E-state index in [1.165, 1.54) is 18.4 Å². The van der Waals surface area contributed by atoms with Gasteiger partial charge in [-0.2, -0.15) is 0 Å². The first-order valence-corrected chi connectivity index (χ1v) is 6.42. The second-order valence-electron chi connectivity index (χ2n) is 4.92. The van der Waals surface area contributed by atoms with E-state index in [0.717, 1.165) is 16.6 Å². The summed E-state index contributed by atoms with van der Waals surface area (Å²) in [5.41, 5.74) is 7.84. The van der Waals surface area contributed by atoms with E-state index in [1.54, 1.807) is 7.11 Å². The van der Waals surface area contributed by atoms with Crippen molar-refractivity contribution in [2.45, 2.75) is 32.2 Å². The number of hydrogen-bond acceptors (Lipinski definition) is 2. The molecule has 0 aromatic heterocycles. The van der Waals surface area contributed by atoms with Crippen LogP contribution in [0.25, 0.3) is 0 Å². The van der Waals surface area contributed by atoms with Crippen molar-refractivity contribution in [3.8, 4) is 5.75 Å². The zero-order chi connectivity index (χ0) is 11.8. The third-order valence-electron chi connectivity index (χ3n) is 3.63. The average molecular weight is 284 g/mol. The van der Waals surface area contributed by atoms with Gasteiger partial charge in [-0.05, 0) is 48.4 Å². The Bertz CT molecular complexity index is 388. The molecule has 1 atom stereocenters. The van der Waals surface area contributed by atoms with Crippen molar-refractivity contribution < 1.29 is 4.74 Å². The number of benzene rings is 1. The molecule has 0 aliphatic heterocycles. The zero-order valence-corrected chi connectivity index (χ0v) is 11.4. The molecule has 0 amide bonds. The van der Waals surface area contributed by atoms with Gasteiger partial charge in [0, 0.05) is 10.5 Å². The Labute approximate surface area is 105 Å². The van der Waals surface area contributed by atoms with Crippen molar-refractivity contribution in [2.75, 3.05) is 7.11 Å². The molecule has 0 heterocycles. The van der Waals surface area contributed by atoms with Crippen LogP contribution in [0.4, 0.5) is 0 Å². The Balaban J connectivity index is 2.13. The highest BCUT2D eigenvalue weighted by atomic mass is 79.9. The maximum atomic E-state index is 6.24. The van der Waals surface area contributed by atoms with Gasteiger partial charge >= 0.3 is 0 Å². The third-order valence-corrected chi connectivity index (χ3v) is 4.40. The lowest BCUT2D eigenvalue weighted by atomic mass is 9.93. The standard InChI is InChI=1S/C13H18BrNO/c1-13(5-6-13)12(15)8-9-7-10(16-2)3-4-11(9)14/h3-4,7,12H,5-6,8,15H2,1-2H3. The highest BCUT2D eigenvalue weighted by molar-refractivity contribution is 9.10. The molecular formula is C13H18BrNO. The quantitative estimate of drug-likeness (QED) is 0.922. The van der Waals surface area contributed by atoms with Crippen LogP contribution in [-0.4, -0.2) is 13.2 Å². The van der Waals surface area contributed by atoms with E-state index in [4.69, 9.17) is 10.5 Å². The number of methoxy groups -OCH3 is 1. The summed E-state index contributed by atoms with van der Waals surface area (Å²) in [4.78, 5) is 0. The Kier molecular flexibility index (Phi) is 3.27. The van der Waals surface area contributed by atoms with Crippen LogP contribution in [0.5, 0.6) is 5.75 Å². The molecular weight excluding hydrogens is 266 g/mol. The van der Waals surface area contributed by atoms with Gasteiger partial charge in [0.2, 0.25) is 0 Å². The summed E-state index contributed by atoms with van der Waals surface area (Å²) >= 11 is 3.56. The van der Waals surface area contributed by atoms with Crippen LogP contribution in [-0.2, 0) is 6.42 Å². The molecule has 3 heteroatoms. The maximum Gasteiger partial charge on any atom is 0.119 e. The molecule has 1 aromatic carbocycles. The fraction of sp³-hybridized carbons (Fsp3) is 0.538. The van der Waals surface area contributed by atoms with E-state index >= 15 is 0 Å². The first-order valence-electron chi connectivity index (χ1n) is 5.63. The summed E-state index contributed by atoms with van der Waals surface area (Å²) in [6.07, 6.45) is 3.43. The number of ether oxygens (including phenoxy) is 1. The highest BCUT2D eigenvalue weighted by Gasteiger charge is 2.42. The number of nitrogens with two attached hydrogens (primary N) is 1. The second-order valence-corrected chi connectivity index (χ2v) is 5.78. The lowest BCUT2D eigenvalue weighted by Gasteiger charge is -2.19. The van der Waals surface area contributed by atoms with Crippen LogP contribution in [0.15, 0.2) is 22.7 Å². The predicted molar refractivity (Wildman–Crippen MR) is 69.7 cm³/mol. The van der Waals surface area contributed by atoms with E-state index in [-0.39, 0.29) is 6.04 Å². The average Bonchev–Trinajstić information content (AvgIpc) is 3.01. The van der Waals surface area contributed by atoms with E-state index in [0.29, 0.717) is 5.41 Å². The Hall–Kier alpha value is -0.540. The van der Waals surface area contributed by atoms with E-state index in [2.05, 4.69) is 28.9 Å². The monoisotopic (exact) mass is 283 g/mol. The van der Waals surface area contributed by atoms with Crippen molar-refractivity contribution in [2.24, 2.45) is 11.1 Å². The summed E-state index contributed by atoms with van der Waals surface area (Å²) in [7, 11) is 1.69. The molecule has 1 aliphatic carbocycles. The van der Waals surface area contributed by atoms with Crippen LogP contribution in [0.2, 0.25) is 0 Å². The van der Waals surface area contributed by atoms with Crippen LogP contribution in [0, 0.1) is 5.41 Å². The molecule has 16 heavy (non-hydrogen) atoms. The zero-order valence-electron chi connectivity index (χ0n) is 9.79. The first-order chi connectivity index (χ1) is 7.55. The van der Waals surface area contributed by atoms with Crippen molar-refractivity contribution in [1.29, 1.82) is 0 Å². The van der Waals surface area contributed by atoms with Gasteiger partial charge in [-0.3, -0.25) is 0 Å². The van der Waals surface area contributed by atoms with E-state index < -0.39 is 0 Å². The van der Waals surface area contributed by atoms with Crippen molar-refractivity contribution in [1.82, 2.24) is 0 Å². The summed E-state index contributed by atoms with van der Waals surface area (Å²) in [5, 5.41) is 0. The molecule has 2 rings (SSSR count). The Morgan fingerprint density at radius 3 is 2.75 bits per heavy atom. The second kappa shape index (κ2) is 4.38. The van der Waals surface area contributed by atoms with Crippen molar-refractivity contribution in [3.05, 3.63) is 28.2 Å². The number of hydrogen-bond donors (Lipinski definition) is 1. The van der Waals surface area contributed by atoms with Crippen molar-refractivity contribution >= 4 is 15.9 Å². The molecule has 1 aromatic rings. The van der Waals surface area contributed by atoms with E-state index in [1.807, 2.05) is 12.1 Å². The molecule has 1 aliphatic rings. The summed E-state index contributed by atoms with van der Waals surface area (Å²) < 4.78 is 6.35. The smallest absolute Gasteiger partial charge is 0.119 e. The van der Waals surface area contributed by atoms with Gasteiger partial charge in [-0.1, -0.05) is 22.9 Å². The van der Waals surface area contributed by atoms with Gasteiger partial charge < -0.3 is 10.5 Å². The third kappa shape index (κ3) is 2.41. The fourth-order valence-corrected chi connectivity index (χ4v) is 2.29. The number of halogens is 1. The highest BCUT2D eigenvalue weighted by Crippen LogP contribution is 2.48. The summed E-state index contributed by atoms with van der Waals surface area (Å²) in [5.74, 6) is 0.895. The van der Waals surface area contributed by atoms with Crippen molar-refractivity contribution in [3.63, 3.8) is 0 Å². The van der Waals surface area contributed by atoms with Gasteiger partial charge in [0.05, 0.1) is 7.11 Å². The lowest BCUT2D eigenvalue weighted by Crippen LogP contribution is -2.31. The van der Waals surface area contributed by atoms with Crippen LogP contribution >= 0.6 is 15.9 Å². The molecule has 0 bridgehead atoms. The van der Waals surface area contributed by atoms with Gasteiger partial charge in [-0.15, -0.1) is 0 Å². The predicted octanol–water partition coefficient (Wildman–Crippen LogP) is 3.13. The molecule has 0 spiro atoms. The molecule has 88 valence electrons. The Morgan fingerprint density at radius 2 is 2.19 bits per heavy atom. The number of rotatable bonds is 4. The minimum atomic E-state index is 0.246. The lowest BCUT2D eigenvalue weighted by molar-refractivity contribution is 0.411. The van der Waals surface area contributed by atoms with Gasteiger partial charge in [0.25, 0.3) is 0 Å². The largest absolute Gasteiger partial charge is 0.497 e. The van der Waals surface area contributed by atoms with Gasteiger partial charge in [-0.25, -0.2) is 0 Å². The van der Waals surface area contributed by atoms with E-state index in [9.17, 15) is 0 Å². The maximum absolute atomic E-state index is 6.24. The van der Waals surface area contributed by atoms with Crippen LogP contribution < -0.4 is 10.5 Å². The minimum Gasteiger partial charge on any atom is -0.497 e.